The third-order valence-corrected chi connectivity index (χ3v) is 1.78. The monoisotopic (exact) mass is 171 g/mol. The summed E-state index contributed by atoms with van der Waals surface area (Å²) in [5.41, 5.74) is 5.96. The Morgan fingerprint density at radius 3 is 3.09 bits per heavy atom. The van der Waals surface area contributed by atoms with E-state index >= 15 is 0 Å². The first-order chi connectivity index (χ1) is 5.22. The lowest BCUT2D eigenvalue weighted by molar-refractivity contribution is -0.137. The van der Waals surface area contributed by atoms with Gasteiger partial charge in [-0.1, -0.05) is 0 Å². The van der Waals surface area contributed by atoms with Crippen LogP contribution < -0.4 is 5.73 Å². The van der Waals surface area contributed by atoms with E-state index in [1.165, 1.54) is 11.3 Å². The molecule has 0 aromatic carbocycles. The largest absolute Gasteiger partial charge is 0.462 e. The first kappa shape index (κ1) is 8.00. The van der Waals surface area contributed by atoms with Crippen LogP contribution in [0, 0.1) is 7.11 Å². The number of nitrogens with zero attached hydrogens (tertiary/aromatic N) is 1. The minimum atomic E-state index is -0.407. The normalized spacial score (nSPS) is 9.55. The Morgan fingerprint density at radius 2 is 2.64 bits per heavy atom. The van der Waals surface area contributed by atoms with E-state index < -0.39 is 5.97 Å². The molecule has 0 spiro atoms. The minimum Gasteiger partial charge on any atom is -0.462 e. The third-order valence-electron chi connectivity index (χ3n) is 1.06. The first-order valence-corrected chi connectivity index (χ1v) is 3.75. The molecule has 0 unspecified atom stereocenters. The summed E-state index contributed by atoms with van der Waals surface area (Å²) in [5, 5.41) is 2.17. The van der Waals surface area contributed by atoms with Crippen LogP contribution in [0.25, 0.3) is 0 Å². The average molecular weight is 171 g/mol. The summed E-state index contributed by atoms with van der Waals surface area (Å²) in [6.45, 7) is 0. The van der Waals surface area contributed by atoms with Gasteiger partial charge in [0.2, 0.25) is 0 Å². The number of nitrogens with two attached hydrogens (primary N) is 1. The summed E-state index contributed by atoms with van der Waals surface area (Å²) >= 11 is 1.30. The minimum absolute atomic E-state index is 0.136. The number of ether oxygens (including phenoxy) is 1. The van der Waals surface area contributed by atoms with Gasteiger partial charge >= 0.3 is 5.97 Å². The number of esters is 1. The molecular formula is C6H7N2O2S. The molecule has 4 nitrogen and oxygen atoms in total. The zero-order valence-corrected chi connectivity index (χ0v) is 6.56. The van der Waals surface area contributed by atoms with Crippen molar-refractivity contribution in [2.45, 2.75) is 6.42 Å². The highest BCUT2D eigenvalue weighted by Gasteiger charge is 2.05. The van der Waals surface area contributed by atoms with Crippen molar-refractivity contribution in [3.8, 4) is 0 Å². The number of rotatable bonds is 2. The standard InChI is InChI=1S/C6H7N2O2S/c1-10-5(9)2-4-3-11-6(7)8-4/h3H,1-2H2,(H2,7,8). The van der Waals surface area contributed by atoms with Crippen molar-refractivity contribution in [1.29, 1.82) is 0 Å². The predicted octanol–water partition coefficient (Wildman–Crippen LogP) is 0.603. The summed E-state index contributed by atoms with van der Waals surface area (Å²) in [6, 6.07) is 0. The van der Waals surface area contributed by atoms with Gasteiger partial charge in [-0.2, -0.15) is 0 Å². The molecule has 5 heteroatoms. The van der Waals surface area contributed by atoms with E-state index in [0.29, 0.717) is 10.8 Å². The molecule has 0 aliphatic carbocycles. The van der Waals surface area contributed by atoms with Gasteiger partial charge < -0.3 is 10.5 Å². The van der Waals surface area contributed by atoms with Crippen LogP contribution in [0.4, 0.5) is 5.13 Å². The average Bonchev–Trinajstić information content (AvgIpc) is 2.35. The maximum atomic E-state index is 10.6. The smallest absolute Gasteiger partial charge is 0.312 e. The first-order valence-electron chi connectivity index (χ1n) is 2.87. The lowest BCUT2D eigenvalue weighted by Gasteiger charge is -1.92. The highest BCUT2D eigenvalue weighted by molar-refractivity contribution is 7.13. The molecule has 59 valence electrons. The van der Waals surface area contributed by atoms with Gasteiger partial charge in [-0.3, -0.25) is 4.79 Å². The van der Waals surface area contributed by atoms with Crippen molar-refractivity contribution >= 4 is 22.4 Å². The van der Waals surface area contributed by atoms with Crippen molar-refractivity contribution in [2.24, 2.45) is 0 Å². The number of carbonyl (C=O) groups is 1. The molecular weight excluding hydrogens is 164 g/mol. The molecule has 0 amide bonds. The Balaban J connectivity index is 2.57. The Bertz CT molecular complexity index is 259. The topological polar surface area (TPSA) is 65.2 Å². The van der Waals surface area contributed by atoms with Gasteiger partial charge in [-0.15, -0.1) is 11.3 Å². The van der Waals surface area contributed by atoms with Crippen molar-refractivity contribution in [3.63, 3.8) is 0 Å². The number of anilines is 1. The lowest BCUT2D eigenvalue weighted by Crippen LogP contribution is -2.03. The van der Waals surface area contributed by atoms with Crippen molar-refractivity contribution in [1.82, 2.24) is 4.98 Å². The SMILES string of the molecule is [CH2]OC(=O)Cc1csc(N)n1. The molecule has 11 heavy (non-hydrogen) atoms. The molecule has 1 radical (unpaired) electrons. The number of carbonyl (C=O) groups excluding carboxylic acids is 1. The number of hydrogen-bond acceptors (Lipinski definition) is 5. The zero-order chi connectivity index (χ0) is 8.27. The molecule has 1 aromatic heterocycles. The molecule has 0 aliphatic rings. The second-order valence-corrected chi connectivity index (χ2v) is 2.76. The fourth-order valence-electron chi connectivity index (χ4n) is 0.603. The van der Waals surface area contributed by atoms with Crippen LogP contribution >= 0.6 is 11.3 Å². The summed E-state index contributed by atoms with van der Waals surface area (Å²) in [7, 11) is 2.98. The summed E-state index contributed by atoms with van der Waals surface area (Å²) in [4.78, 5) is 14.5. The Labute approximate surface area is 68.0 Å². The number of nitrogen functional groups attached to an aromatic ring is 1. The van der Waals surface area contributed by atoms with E-state index in [2.05, 4.69) is 16.8 Å². The van der Waals surface area contributed by atoms with Gasteiger partial charge in [0, 0.05) is 5.38 Å². The molecule has 0 fully saturated rings. The van der Waals surface area contributed by atoms with Crippen LogP contribution in [0.3, 0.4) is 0 Å². The molecule has 0 atom stereocenters. The maximum absolute atomic E-state index is 10.6. The van der Waals surface area contributed by atoms with Gasteiger partial charge in [-0.05, 0) is 0 Å². The second-order valence-electron chi connectivity index (χ2n) is 1.87. The van der Waals surface area contributed by atoms with Crippen molar-refractivity contribution in [2.75, 3.05) is 5.73 Å². The summed E-state index contributed by atoms with van der Waals surface area (Å²) < 4.78 is 4.20. The number of thiazole rings is 1. The molecule has 1 rings (SSSR count). The van der Waals surface area contributed by atoms with Crippen LogP contribution in [0.1, 0.15) is 5.69 Å². The van der Waals surface area contributed by atoms with Crippen molar-refractivity contribution in [3.05, 3.63) is 18.2 Å². The zero-order valence-electron chi connectivity index (χ0n) is 5.74. The highest BCUT2D eigenvalue weighted by atomic mass is 32.1. The van der Waals surface area contributed by atoms with Crippen LogP contribution in [0.5, 0.6) is 0 Å². The quantitative estimate of drug-likeness (QED) is 0.662. The van der Waals surface area contributed by atoms with Gasteiger partial charge in [-0.25, -0.2) is 4.98 Å². The fourth-order valence-corrected chi connectivity index (χ4v) is 1.17. The highest BCUT2D eigenvalue weighted by Crippen LogP contribution is 2.11. The second kappa shape index (κ2) is 3.34. The maximum Gasteiger partial charge on any atom is 0.312 e. The fraction of sp³-hybridized carbons (Fsp3) is 0.167. The molecule has 2 N–H and O–H groups in total. The summed E-state index contributed by atoms with van der Waals surface area (Å²) in [6.07, 6.45) is 0.136. The van der Waals surface area contributed by atoms with E-state index in [4.69, 9.17) is 5.73 Å². The number of aromatic nitrogens is 1. The summed E-state index contributed by atoms with van der Waals surface area (Å²) in [5.74, 6) is -0.407. The van der Waals surface area contributed by atoms with E-state index in [1.54, 1.807) is 5.38 Å². The predicted molar refractivity (Wildman–Crippen MR) is 41.7 cm³/mol. The van der Waals surface area contributed by atoms with E-state index in [-0.39, 0.29) is 6.42 Å². The molecule has 1 aromatic rings. The van der Waals surface area contributed by atoms with Crippen LogP contribution in [-0.2, 0) is 16.0 Å². The molecule has 0 aliphatic heterocycles. The van der Waals surface area contributed by atoms with E-state index in [1.807, 2.05) is 0 Å². The molecule has 0 saturated heterocycles. The Morgan fingerprint density at radius 1 is 1.91 bits per heavy atom. The molecule has 0 bridgehead atoms. The molecule has 0 saturated carbocycles. The van der Waals surface area contributed by atoms with Gasteiger partial charge in [0.1, 0.15) is 7.11 Å². The van der Waals surface area contributed by atoms with Gasteiger partial charge in [0.15, 0.2) is 5.13 Å². The van der Waals surface area contributed by atoms with E-state index in [9.17, 15) is 4.79 Å². The third kappa shape index (κ3) is 2.19. The van der Waals surface area contributed by atoms with Gasteiger partial charge in [0.25, 0.3) is 0 Å². The van der Waals surface area contributed by atoms with Gasteiger partial charge in [0.05, 0.1) is 12.1 Å². The number of hydrogen-bond donors (Lipinski definition) is 1. The Hall–Kier alpha value is -1.10. The molecule has 1 heterocycles. The van der Waals surface area contributed by atoms with Crippen LogP contribution in [-0.4, -0.2) is 11.0 Å². The van der Waals surface area contributed by atoms with Crippen LogP contribution in [0.15, 0.2) is 5.38 Å². The van der Waals surface area contributed by atoms with E-state index in [0.717, 1.165) is 0 Å². The lowest BCUT2D eigenvalue weighted by atomic mass is 10.3. The Kier molecular flexibility index (Phi) is 2.43. The van der Waals surface area contributed by atoms with Crippen molar-refractivity contribution < 1.29 is 9.53 Å². The van der Waals surface area contributed by atoms with Crippen LogP contribution in [0.2, 0.25) is 0 Å².